The van der Waals surface area contributed by atoms with Gasteiger partial charge in [-0.2, -0.15) is 0 Å². The Bertz CT molecular complexity index is 145. The lowest BCUT2D eigenvalue weighted by atomic mass is 10.0. The highest BCUT2D eigenvalue weighted by Crippen LogP contribution is 2.17. The van der Waals surface area contributed by atoms with Crippen LogP contribution in [0, 0.1) is 0 Å². The number of hydrogen-bond acceptors (Lipinski definition) is 3. The number of thioether (sulfide) groups is 1. The van der Waals surface area contributed by atoms with Gasteiger partial charge in [-0.25, -0.2) is 0 Å². The van der Waals surface area contributed by atoms with E-state index in [1.54, 1.807) is 0 Å². The van der Waals surface area contributed by atoms with Gasteiger partial charge in [-0.05, 0) is 20.3 Å². The SMILES string of the molecule is CC1(C)CCSC(=O)CN1. The topological polar surface area (TPSA) is 29.1 Å². The van der Waals surface area contributed by atoms with E-state index in [-0.39, 0.29) is 10.7 Å². The fourth-order valence-electron chi connectivity index (χ4n) is 0.871. The Morgan fingerprint density at radius 1 is 1.60 bits per heavy atom. The zero-order valence-electron chi connectivity index (χ0n) is 6.44. The van der Waals surface area contributed by atoms with Gasteiger partial charge in [0, 0.05) is 11.3 Å². The third-order valence-corrected chi connectivity index (χ3v) is 2.58. The van der Waals surface area contributed by atoms with Crippen LogP contribution in [0.1, 0.15) is 20.3 Å². The molecule has 0 aliphatic carbocycles. The summed E-state index contributed by atoms with van der Waals surface area (Å²) >= 11 is 1.44. The molecule has 1 aliphatic heterocycles. The van der Waals surface area contributed by atoms with Crippen molar-refractivity contribution >= 4 is 16.9 Å². The van der Waals surface area contributed by atoms with E-state index in [4.69, 9.17) is 0 Å². The first-order valence-corrected chi connectivity index (χ1v) is 4.49. The smallest absolute Gasteiger partial charge is 0.202 e. The molecule has 1 fully saturated rings. The molecule has 1 saturated heterocycles. The lowest BCUT2D eigenvalue weighted by Crippen LogP contribution is -2.39. The van der Waals surface area contributed by atoms with E-state index in [1.807, 2.05) is 0 Å². The number of hydrogen-bond donors (Lipinski definition) is 1. The molecule has 10 heavy (non-hydrogen) atoms. The number of nitrogens with one attached hydrogen (secondary N) is 1. The standard InChI is InChI=1S/C7H13NOS/c1-7(2)3-4-10-6(9)5-8-7/h8H,3-5H2,1-2H3. The number of carbonyl (C=O) groups is 1. The van der Waals surface area contributed by atoms with Crippen LogP contribution < -0.4 is 5.32 Å². The van der Waals surface area contributed by atoms with Gasteiger partial charge in [0.2, 0.25) is 5.12 Å². The lowest BCUT2D eigenvalue weighted by molar-refractivity contribution is -0.110. The molecular formula is C7H13NOS. The number of carbonyl (C=O) groups excluding carboxylic acids is 1. The Kier molecular flexibility index (Phi) is 2.36. The lowest BCUT2D eigenvalue weighted by Gasteiger charge is -2.22. The summed E-state index contributed by atoms with van der Waals surface area (Å²) < 4.78 is 0. The maximum Gasteiger partial charge on any atom is 0.202 e. The highest BCUT2D eigenvalue weighted by molar-refractivity contribution is 8.13. The van der Waals surface area contributed by atoms with Crippen molar-refractivity contribution in [3.8, 4) is 0 Å². The third kappa shape index (κ3) is 2.31. The molecule has 0 amide bonds. The largest absolute Gasteiger partial charge is 0.304 e. The monoisotopic (exact) mass is 159 g/mol. The summed E-state index contributed by atoms with van der Waals surface area (Å²) in [6.07, 6.45) is 1.07. The van der Waals surface area contributed by atoms with Crippen molar-refractivity contribution in [1.29, 1.82) is 0 Å². The number of rotatable bonds is 0. The predicted molar refractivity (Wildman–Crippen MR) is 44.2 cm³/mol. The van der Waals surface area contributed by atoms with Crippen molar-refractivity contribution in [2.75, 3.05) is 12.3 Å². The maximum absolute atomic E-state index is 10.9. The Morgan fingerprint density at radius 3 is 3.00 bits per heavy atom. The molecule has 0 bridgehead atoms. The van der Waals surface area contributed by atoms with Gasteiger partial charge in [-0.1, -0.05) is 11.8 Å². The van der Waals surface area contributed by atoms with Crippen molar-refractivity contribution in [2.24, 2.45) is 0 Å². The first kappa shape index (κ1) is 8.08. The van der Waals surface area contributed by atoms with Gasteiger partial charge in [0.05, 0.1) is 6.54 Å². The summed E-state index contributed by atoms with van der Waals surface area (Å²) in [7, 11) is 0. The molecule has 1 rings (SSSR count). The Morgan fingerprint density at radius 2 is 2.30 bits per heavy atom. The molecule has 0 radical (unpaired) electrons. The van der Waals surface area contributed by atoms with E-state index < -0.39 is 0 Å². The molecule has 58 valence electrons. The van der Waals surface area contributed by atoms with E-state index in [1.165, 1.54) is 11.8 Å². The molecule has 2 nitrogen and oxygen atoms in total. The minimum Gasteiger partial charge on any atom is -0.304 e. The summed E-state index contributed by atoms with van der Waals surface area (Å²) in [6, 6.07) is 0. The molecule has 0 spiro atoms. The van der Waals surface area contributed by atoms with Crippen LogP contribution >= 0.6 is 11.8 Å². The molecule has 0 aromatic heterocycles. The van der Waals surface area contributed by atoms with Crippen molar-refractivity contribution in [1.82, 2.24) is 5.32 Å². The summed E-state index contributed by atoms with van der Waals surface area (Å²) in [4.78, 5) is 10.9. The quantitative estimate of drug-likeness (QED) is 0.572. The molecule has 1 heterocycles. The normalized spacial score (nSPS) is 26.0. The molecule has 0 aromatic rings. The summed E-state index contributed by atoms with van der Waals surface area (Å²) in [5, 5.41) is 3.47. The molecule has 0 aromatic carbocycles. The van der Waals surface area contributed by atoms with Crippen LogP contribution in [0.4, 0.5) is 0 Å². The summed E-state index contributed by atoms with van der Waals surface area (Å²) in [6.45, 7) is 4.79. The van der Waals surface area contributed by atoms with Gasteiger partial charge in [0.1, 0.15) is 0 Å². The van der Waals surface area contributed by atoms with Gasteiger partial charge in [0.15, 0.2) is 0 Å². The fourth-order valence-corrected chi connectivity index (χ4v) is 1.89. The second kappa shape index (κ2) is 2.93. The Balaban J connectivity index is 2.48. The van der Waals surface area contributed by atoms with Crippen LogP contribution in [0.2, 0.25) is 0 Å². The Hall–Kier alpha value is -0.0200. The van der Waals surface area contributed by atoms with Crippen LogP contribution in [0.25, 0.3) is 0 Å². The molecule has 0 saturated carbocycles. The van der Waals surface area contributed by atoms with Gasteiger partial charge in [-0.3, -0.25) is 4.79 Å². The first-order chi connectivity index (χ1) is 4.60. The highest BCUT2D eigenvalue weighted by atomic mass is 32.2. The van der Waals surface area contributed by atoms with Crippen LogP contribution in [-0.4, -0.2) is 23.0 Å². The van der Waals surface area contributed by atoms with Crippen LogP contribution in [0.15, 0.2) is 0 Å². The molecular weight excluding hydrogens is 146 g/mol. The minimum absolute atomic E-state index is 0.152. The molecule has 1 N–H and O–H groups in total. The fraction of sp³-hybridized carbons (Fsp3) is 0.857. The van der Waals surface area contributed by atoms with Crippen molar-refractivity contribution in [3.05, 3.63) is 0 Å². The van der Waals surface area contributed by atoms with E-state index in [2.05, 4.69) is 19.2 Å². The zero-order valence-corrected chi connectivity index (χ0v) is 7.25. The average Bonchev–Trinajstić information content (AvgIpc) is 1.94. The van der Waals surface area contributed by atoms with Gasteiger partial charge in [0.25, 0.3) is 0 Å². The first-order valence-electron chi connectivity index (χ1n) is 3.51. The van der Waals surface area contributed by atoms with E-state index >= 15 is 0 Å². The molecule has 3 heteroatoms. The van der Waals surface area contributed by atoms with E-state index in [0.29, 0.717) is 6.54 Å². The van der Waals surface area contributed by atoms with E-state index in [9.17, 15) is 4.79 Å². The predicted octanol–water partition coefficient (Wildman–Crippen LogP) is 1.02. The Labute approximate surface area is 65.8 Å². The highest BCUT2D eigenvalue weighted by Gasteiger charge is 2.21. The zero-order chi connectivity index (χ0) is 7.61. The van der Waals surface area contributed by atoms with Crippen molar-refractivity contribution in [3.63, 3.8) is 0 Å². The van der Waals surface area contributed by atoms with Crippen LogP contribution in [0.3, 0.4) is 0 Å². The van der Waals surface area contributed by atoms with Crippen molar-refractivity contribution < 1.29 is 4.79 Å². The van der Waals surface area contributed by atoms with Gasteiger partial charge >= 0.3 is 0 Å². The van der Waals surface area contributed by atoms with Crippen LogP contribution in [0.5, 0.6) is 0 Å². The minimum atomic E-state index is 0.152. The summed E-state index contributed by atoms with van der Waals surface area (Å²) in [5.74, 6) is 0.957. The van der Waals surface area contributed by atoms with Gasteiger partial charge in [-0.15, -0.1) is 0 Å². The van der Waals surface area contributed by atoms with Gasteiger partial charge < -0.3 is 5.32 Å². The second-order valence-corrected chi connectivity index (χ2v) is 4.36. The average molecular weight is 159 g/mol. The molecule has 0 unspecified atom stereocenters. The van der Waals surface area contributed by atoms with Crippen molar-refractivity contribution in [2.45, 2.75) is 25.8 Å². The third-order valence-electron chi connectivity index (χ3n) is 1.70. The second-order valence-electron chi connectivity index (χ2n) is 3.21. The van der Waals surface area contributed by atoms with E-state index in [0.717, 1.165) is 12.2 Å². The molecule has 0 atom stereocenters. The van der Waals surface area contributed by atoms with Crippen LogP contribution in [-0.2, 0) is 4.79 Å². The summed E-state index contributed by atoms with van der Waals surface area (Å²) in [5.41, 5.74) is 0.152. The maximum atomic E-state index is 10.9. The molecule has 1 aliphatic rings.